The number of thioether (sulfide) groups is 1. The Morgan fingerprint density at radius 1 is 1.00 bits per heavy atom. The molecule has 0 saturated heterocycles. The third kappa shape index (κ3) is 5.55. The maximum absolute atomic E-state index is 13.6. The zero-order valence-corrected chi connectivity index (χ0v) is 24.5. The minimum absolute atomic E-state index is 0.0727. The second-order valence-electron chi connectivity index (χ2n) is 9.89. The molecule has 2 amide bonds. The van der Waals surface area contributed by atoms with Crippen molar-refractivity contribution < 1.29 is 19.4 Å². The van der Waals surface area contributed by atoms with Gasteiger partial charge in [-0.25, -0.2) is 4.79 Å². The number of primary amides is 1. The number of hydrogen-bond donors (Lipinski definition) is 2. The highest BCUT2D eigenvalue weighted by molar-refractivity contribution is 7.98. The van der Waals surface area contributed by atoms with Gasteiger partial charge in [-0.1, -0.05) is 60.3 Å². The van der Waals surface area contributed by atoms with E-state index in [1.165, 1.54) is 27.4 Å². The van der Waals surface area contributed by atoms with Crippen LogP contribution >= 0.6 is 11.8 Å². The lowest BCUT2D eigenvalue weighted by molar-refractivity contribution is 0.0997. The molecule has 220 valence electrons. The summed E-state index contributed by atoms with van der Waals surface area (Å²) in [4.78, 5) is 27.1. The number of amides is 2. The number of nitrogens with two attached hydrogens (primary N) is 1. The zero-order valence-electron chi connectivity index (χ0n) is 23.7. The van der Waals surface area contributed by atoms with E-state index in [4.69, 9.17) is 10.5 Å². The lowest BCUT2D eigenvalue weighted by Crippen LogP contribution is -2.31. The molecule has 2 aromatic heterocycles. The van der Waals surface area contributed by atoms with Crippen LogP contribution in [-0.2, 0) is 5.75 Å². The fourth-order valence-corrected chi connectivity index (χ4v) is 5.44. The van der Waals surface area contributed by atoms with Crippen LogP contribution in [0.15, 0.2) is 96.4 Å². The number of tetrazole rings is 1. The number of aromatic hydroxyl groups is 1. The predicted octanol–water partition coefficient (Wildman–Crippen LogP) is 5.31. The number of nitrogens with zero attached hydrogens (tertiary/aromatic N) is 7. The van der Waals surface area contributed by atoms with Crippen LogP contribution < -0.4 is 15.4 Å². The van der Waals surface area contributed by atoms with Gasteiger partial charge in [0.1, 0.15) is 11.5 Å². The molecule has 0 unspecified atom stereocenters. The number of aryl methyl sites for hydroxylation is 1. The van der Waals surface area contributed by atoms with Crippen LogP contribution in [0.2, 0.25) is 0 Å². The van der Waals surface area contributed by atoms with Gasteiger partial charge in [-0.2, -0.15) is 14.5 Å². The van der Waals surface area contributed by atoms with E-state index in [2.05, 4.69) is 20.6 Å². The summed E-state index contributed by atoms with van der Waals surface area (Å²) in [6, 6.07) is 22.9. The number of aromatic nitrogens is 6. The van der Waals surface area contributed by atoms with Crippen molar-refractivity contribution in [2.75, 3.05) is 11.9 Å². The predicted molar refractivity (Wildman–Crippen MR) is 166 cm³/mol. The van der Waals surface area contributed by atoms with E-state index in [0.29, 0.717) is 38.9 Å². The molecule has 0 atom stereocenters. The van der Waals surface area contributed by atoms with Gasteiger partial charge in [0.05, 0.1) is 23.1 Å². The first-order valence-corrected chi connectivity index (χ1v) is 14.4. The van der Waals surface area contributed by atoms with Gasteiger partial charge in [-0.05, 0) is 53.2 Å². The van der Waals surface area contributed by atoms with Crippen molar-refractivity contribution >= 4 is 40.2 Å². The van der Waals surface area contributed by atoms with Crippen LogP contribution in [0.1, 0.15) is 21.5 Å². The summed E-state index contributed by atoms with van der Waals surface area (Å²) in [7, 11) is 1.62. The molecule has 0 aliphatic heterocycles. The molecule has 0 aliphatic rings. The monoisotopic (exact) mass is 606 g/mol. The molecule has 0 bridgehead atoms. The summed E-state index contributed by atoms with van der Waals surface area (Å²) in [5.41, 5.74) is 8.47. The third-order valence-electron chi connectivity index (χ3n) is 6.87. The number of phenols is 1. The topological polar surface area (TPSA) is 154 Å². The van der Waals surface area contributed by atoms with Crippen molar-refractivity contribution in [2.45, 2.75) is 17.8 Å². The average Bonchev–Trinajstić information content (AvgIpc) is 3.72. The highest BCUT2D eigenvalue weighted by atomic mass is 32.2. The molecule has 6 rings (SSSR count). The fraction of sp³-hybridized carbons (Fsp3) is 0.0968. The average molecular weight is 607 g/mol. The van der Waals surface area contributed by atoms with Crippen LogP contribution in [0.3, 0.4) is 0 Å². The maximum Gasteiger partial charge on any atom is 0.348 e. The van der Waals surface area contributed by atoms with Crippen LogP contribution in [0.25, 0.3) is 16.5 Å². The number of benzene rings is 4. The Hall–Kier alpha value is -5.69. The Bertz CT molecular complexity index is 2010. The van der Waals surface area contributed by atoms with Crippen molar-refractivity contribution in [2.24, 2.45) is 5.73 Å². The zero-order chi connectivity index (χ0) is 30.8. The van der Waals surface area contributed by atoms with Gasteiger partial charge in [0.15, 0.2) is 5.75 Å². The van der Waals surface area contributed by atoms with Crippen molar-refractivity contribution in [1.82, 2.24) is 30.0 Å². The van der Waals surface area contributed by atoms with E-state index in [-0.39, 0.29) is 11.3 Å². The van der Waals surface area contributed by atoms with Crippen molar-refractivity contribution in [1.29, 1.82) is 0 Å². The van der Waals surface area contributed by atoms with E-state index in [0.717, 1.165) is 16.8 Å². The molecule has 2 heterocycles. The van der Waals surface area contributed by atoms with Crippen LogP contribution in [-0.4, -0.2) is 54.1 Å². The third-order valence-corrected chi connectivity index (χ3v) is 7.86. The summed E-state index contributed by atoms with van der Waals surface area (Å²) >= 11 is 1.42. The van der Waals surface area contributed by atoms with Crippen LogP contribution in [0, 0.1) is 6.92 Å². The second-order valence-corrected chi connectivity index (χ2v) is 10.8. The molecule has 4 aromatic carbocycles. The molecule has 0 spiro atoms. The fourth-order valence-electron chi connectivity index (χ4n) is 4.64. The van der Waals surface area contributed by atoms with Gasteiger partial charge in [-0.3, -0.25) is 9.69 Å². The van der Waals surface area contributed by atoms with E-state index in [1.54, 1.807) is 54.5 Å². The standard InChI is InChI=1S/C31H26N8O4S/c1-19-12-13-26(43-27-15-24(29(32)41)28(40)23-11-7-6-10-22(23)27)25(14-19)37(2)31(42)38-17-20(16-33-38)18-44-30-34-35-36-39(30)21-8-4-3-5-9-21/h3-17,40H,18H2,1-2H3,(H2,32,41). The van der Waals surface area contributed by atoms with Crippen molar-refractivity contribution in [3.05, 3.63) is 108 Å². The molecule has 3 N–H and O–H groups in total. The normalized spacial score (nSPS) is 11.0. The quantitative estimate of drug-likeness (QED) is 0.219. The number of carbonyl (C=O) groups is 2. The minimum Gasteiger partial charge on any atom is -0.506 e. The van der Waals surface area contributed by atoms with Crippen LogP contribution in [0.5, 0.6) is 17.2 Å². The Labute approximate surface area is 255 Å². The minimum atomic E-state index is -0.793. The summed E-state index contributed by atoms with van der Waals surface area (Å²) in [5.74, 6) is 0.127. The Balaban J connectivity index is 1.24. The van der Waals surface area contributed by atoms with E-state index in [1.807, 2.05) is 49.4 Å². The first-order chi connectivity index (χ1) is 21.3. The molecule has 0 saturated carbocycles. The Morgan fingerprint density at radius 3 is 2.52 bits per heavy atom. The number of ether oxygens (including phenoxy) is 1. The Morgan fingerprint density at radius 2 is 1.75 bits per heavy atom. The molecule has 12 nitrogen and oxygen atoms in total. The van der Waals surface area contributed by atoms with Crippen molar-refractivity contribution in [3.63, 3.8) is 0 Å². The molecule has 0 radical (unpaired) electrons. The second kappa shape index (κ2) is 11.9. The maximum atomic E-state index is 13.6. The van der Waals surface area contributed by atoms with Gasteiger partial charge in [-0.15, -0.1) is 5.10 Å². The number of rotatable bonds is 8. The number of anilines is 1. The highest BCUT2D eigenvalue weighted by Gasteiger charge is 2.22. The number of carbonyl (C=O) groups excluding carboxylic acids is 2. The summed E-state index contributed by atoms with van der Waals surface area (Å²) in [6.45, 7) is 1.90. The molecule has 0 aliphatic carbocycles. The smallest absolute Gasteiger partial charge is 0.348 e. The molecule has 0 fully saturated rings. The molecule has 44 heavy (non-hydrogen) atoms. The summed E-state index contributed by atoms with van der Waals surface area (Å²) in [6.07, 6.45) is 3.28. The van der Waals surface area contributed by atoms with E-state index in [9.17, 15) is 14.7 Å². The molecular formula is C31H26N8O4S. The summed E-state index contributed by atoms with van der Waals surface area (Å²) < 4.78 is 9.20. The lowest BCUT2D eigenvalue weighted by Gasteiger charge is -2.21. The van der Waals surface area contributed by atoms with Gasteiger partial charge in [0.25, 0.3) is 5.91 Å². The first-order valence-electron chi connectivity index (χ1n) is 13.4. The van der Waals surface area contributed by atoms with Crippen molar-refractivity contribution in [3.8, 4) is 22.9 Å². The number of fused-ring (bicyclic) bond motifs is 1. The van der Waals surface area contributed by atoms with Gasteiger partial charge in [0.2, 0.25) is 5.16 Å². The molecule has 13 heteroatoms. The number of hydrogen-bond acceptors (Lipinski definition) is 9. The number of para-hydroxylation sites is 1. The van der Waals surface area contributed by atoms with Gasteiger partial charge in [0, 0.05) is 35.3 Å². The highest BCUT2D eigenvalue weighted by Crippen LogP contribution is 2.40. The van der Waals surface area contributed by atoms with Gasteiger partial charge < -0.3 is 15.6 Å². The first kappa shape index (κ1) is 28.4. The van der Waals surface area contributed by atoms with E-state index < -0.39 is 11.9 Å². The summed E-state index contributed by atoms with van der Waals surface area (Å²) in [5, 5.41) is 28.5. The lowest BCUT2D eigenvalue weighted by atomic mass is 10.0. The van der Waals surface area contributed by atoms with Gasteiger partial charge >= 0.3 is 6.03 Å². The Kier molecular flexibility index (Phi) is 7.69. The SMILES string of the molecule is Cc1ccc(Oc2cc(C(N)=O)c(O)c3ccccc23)c(N(C)C(=O)n2cc(CSc3nnnn3-c3ccccc3)cn2)c1. The van der Waals surface area contributed by atoms with Crippen LogP contribution in [0.4, 0.5) is 10.5 Å². The largest absolute Gasteiger partial charge is 0.506 e. The van der Waals surface area contributed by atoms with E-state index >= 15 is 0 Å². The molecular weight excluding hydrogens is 580 g/mol. The molecule has 6 aromatic rings.